The Hall–Kier alpha value is -2.47. The van der Waals surface area contributed by atoms with Gasteiger partial charge in [-0.25, -0.2) is 9.37 Å². The summed E-state index contributed by atoms with van der Waals surface area (Å²) in [6.07, 6.45) is 4.63. The second-order valence-electron chi connectivity index (χ2n) is 6.29. The molecule has 1 aliphatic carbocycles. The van der Waals surface area contributed by atoms with Gasteiger partial charge in [-0.1, -0.05) is 12.1 Å². The van der Waals surface area contributed by atoms with E-state index in [1.54, 1.807) is 18.4 Å². The SMILES string of the molecule is O=C(Cc1csc(-c2ccco2)n1)NC1(c2ccc(F)cc2)CCC1. The van der Waals surface area contributed by atoms with Gasteiger partial charge in [0.1, 0.15) is 5.82 Å². The van der Waals surface area contributed by atoms with Crippen molar-refractivity contribution in [1.82, 2.24) is 10.3 Å². The van der Waals surface area contributed by atoms with E-state index in [0.717, 1.165) is 35.5 Å². The molecule has 1 N–H and O–H groups in total. The lowest BCUT2D eigenvalue weighted by Crippen LogP contribution is -2.51. The summed E-state index contributed by atoms with van der Waals surface area (Å²) in [4.78, 5) is 17.0. The fourth-order valence-electron chi connectivity index (χ4n) is 3.16. The molecule has 0 spiro atoms. The second-order valence-corrected chi connectivity index (χ2v) is 7.15. The summed E-state index contributed by atoms with van der Waals surface area (Å²) in [6, 6.07) is 10.1. The first-order valence-electron chi connectivity index (χ1n) is 8.20. The lowest BCUT2D eigenvalue weighted by atomic mass is 9.71. The quantitative estimate of drug-likeness (QED) is 0.742. The number of aromatic nitrogens is 1. The molecule has 128 valence electrons. The smallest absolute Gasteiger partial charge is 0.226 e. The van der Waals surface area contributed by atoms with Crippen molar-refractivity contribution in [3.8, 4) is 10.8 Å². The van der Waals surface area contributed by atoms with Gasteiger partial charge >= 0.3 is 0 Å². The van der Waals surface area contributed by atoms with Crippen LogP contribution in [-0.4, -0.2) is 10.9 Å². The minimum Gasteiger partial charge on any atom is -0.462 e. The van der Waals surface area contributed by atoms with Crippen LogP contribution in [0.15, 0.2) is 52.5 Å². The van der Waals surface area contributed by atoms with Crippen LogP contribution < -0.4 is 5.32 Å². The minimum atomic E-state index is -0.370. The van der Waals surface area contributed by atoms with Crippen molar-refractivity contribution in [3.63, 3.8) is 0 Å². The average Bonchev–Trinajstić information content (AvgIpc) is 3.23. The van der Waals surface area contributed by atoms with E-state index in [0.29, 0.717) is 5.76 Å². The topological polar surface area (TPSA) is 55.1 Å². The fourth-order valence-corrected chi connectivity index (χ4v) is 3.95. The third-order valence-corrected chi connectivity index (χ3v) is 5.51. The molecule has 1 amide bonds. The maximum atomic E-state index is 13.2. The number of carbonyl (C=O) groups is 1. The largest absolute Gasteiger partial charge is 0.462 e. The maximum Gasteiger partial charge on any atom is 0.226 e. The number of furan rings is 1. The van der Waals surface area contributed by atoms with E-state index in [1.165, 1.54) is 23.5 Å². The molecule has 2 aromatic heterocycles. The van der Waals surface area contributed by atoms with E-state index < -0.39 is 0 Å². The fraction of sp³-hybridized carbons (Fsp3) is 0.263. The van der Waals surface area contributed by atoms with Crippen molar-refractivity contribution in [3.05, 3.63) is 65.1 Å². The summed E-state index contributed by atoms with van der Waals surface area (Å²) in [6.45, 7) is 0. The highest BCUT2D eigenvalue weighted by molar-refractivity contribution is 7.13. The molecule has 1 aromatic carbocycles. The molecule has 4 rings (SSSR count). The Kier molecular flexibility index (Phi) is 4.13. The molecule has 0 bridgehead atoms. The standard InChI is InChI=1S/C19H17FN2O2S/c20-14-6-4-13(5-7-14)19(8-2-9-19)22-17(23)11-15-12-25-18(21-15)16-3-1-10-24-16/h1,3-7,10,12H,2,8-9,11H2,(H,22,23). The van der Waals surface area contributed by atoms with Gasteiger partial charge in [0.25, 0.3) is 0 Å². The molecular formula is C19H17FN2O2S. The molecule has 25 heavy (non-hydrogen) atoms. The van der Waals surface area contributed by atoms with Gasteiger partial charge < -0.3 is 9.73 Å². The van der Waals surface area contributed by atoms with Gasteiger partial charge in [-0.2, -0.15) is 0 Å². The number of halogens is 1. The zero-order valence-electron chi connectivity index (χ0n) is 13.5. The van der Waals surface area contributed by atoms with Crippen LogP contribution in [0, 0.1) is 5.82 Å². The molecule has 1 aliphatic rings. The lowest BCUT2D eigenvalue weighted by molar-refractivity contribution is -0.123. The van der Waals surface area contributed by atoms with Crippen LogP contribution in [0.4, 0.5) is 4.39 Å². The third kappa shape index (κ3) is 3.22. The first-order valence-corrected chi connectivity index (χ1v) is 9.08. The van der Waals surface area contributed by atoms with Crippen molar-refractivity contribution in [2.75, 3.05) is 0 Å². The highest BCUT2D eigenvalue weighted by Gasteiger charge is 2.39. The first kappa shape index (κ1) is 16.0. The van der Waals surface area contributed by atoms with Crippen LogP contribution in [0.2, 0.25) is 0 Å². The van der Waals surface area contributed by atoms with Crippen LogP contribution >= 0.6 is 11.3 Å². The van der Waals surface area contributed by atoms with Crippen LogP contribution in [0.25, 0.3) is 10.8 Å². The number of hydrogen-bond donors (Lipinski definition) is 1. The van der Waals surface area contributed by atoms with Crippen LogP contribution in [0.3, 0.4) is 0 Å². The van der Waals surface area contributed by atoms with Gasteiger partial charge in [0.15, 0.2) is 10.8 Å². The Labute approximate surface area is 148 Å². The molecule has 4 nitrogen and oxygen atoms in total. The van der Waals surface area contributed by atoms with Gasteiger partial charge in [-0.05, 0) is 49.1 Å². The monoisotopic (exact) mass is 356 g/mol. The molecule has 1 fully saturated rings. The molecule has 1 saturated carbocycles. The van der Waals surface area contributed by atoms with Crippen LogP contribution in [-0.2, 0) is 16.8 Å². The molecule has 0 radical (unpaired) electrons. The summed E-state index contributed by atoms with van der Waals surface area (Å²) in [5.41, 5.74) is 1.32. The molecule has 2 heterocycles. The maximum absolute atomic E-state index is 13.2. The van der Waals surface area contributed by atoms with Gasteiger partial charge in [0.2, 0.25) is 5.91 Å². The molecule has 0 saturated heterocycles. The molecular weight excluding hydrogens is 339 g/mol. The first-order chi connectivity index (χ1) is 12.1. The summed E-state index contributed by atoms with van der Waals surface area (Å²) in [5, 5.41) is 5.78. The van der Waals surface area contributed by atoms with Crippen molar-refractivity contribution >= 4 is 17.2 Å². The van der Waals surface area contributed by atoms with E-state index >= 15 is 0 Å². The average molecular weight is 356 g/mol. The molecule has 0 aliphatic heterocycles. The zero-order valence-corrected chi connectivity index (χ0v) is 14.3. The van der Waals surface area contributed by atoms with Gasteiger partial charge in [-0.3, -0.25) is 4.79 Å². The Morgan fingerprint density at radius 2 is 2.08 bits per heavy atom. The molecule has 0 atom stereocenters. The highest BCUT2D eigenvalue weighted by atomic mass is 32.1. The summed E-state index contributed by atoms with van der Waals surface area (Å²) >= 11 is 1.46. The number of thiazole rings is 1. The molecule has 0 unspecified atom stereocenters. The van der Waals surface area contributed by atoms with Gasteiger partial charge in [-0.15, -0.1) is 11.3 Å². The van der Waals surface area contributed by atoms with Crippen LogP contribution in [0.5, 0.6) is 0 Å². The number of nitrogens with one attached hydrogen (secondary N) is 1. The number of benzene rings is 1. The zero-order chi connectivity index (χ0) is 17.3. The summed E-state index contributed by atoms with van der Waals surface area (Å²) < 4.78 is 18.5. The summed E-state index contributed by atoms with van der Waals surface area (Å²) in [5.74, 6) is 0.372. The van der Waals surface area contributed by atoms with Gasteiger partial charge in [0.05, 0.1) is 23.9 Å². The highest BCUT2D eigenvalue weighted by Crippen LogP contribution is 2.41. The third-order valence-electron chi connectivity index (χ3n) is 4.61. The van der Waals surface area contributed by atoms with E-state index in [9.17, 15) is 9.18 Å². The molecule has 3 aromatic rings. The Bertz CT molecular complexity index is 867. The summed E-state index contributed by atoms with van der Waals surface area (Å²) in [7, 11) is 0. The predicted molar refractivity (Wildman–Crippen MR) is 93.6 cm³/mol. The number of nitrogens with zero attached hydrogens (tertiary/aromatic N) is 1. The van der Waals surface area contributed by atoms with Crippen LogP contribution in [0.1, 0.15) is 30.5 Å². The number of amides is 1. The number of hydrogen-bond acceptors (Lipinski definition) is 4. The normalized spacial score (nSPS) is 15.6. The lowest BCUT2D eigenvalue weighted by Gasteiger charge is -2.43. The Balaban J connectivity index is 1.45. The van der Waals surface area contributed by atoms with Gasteiger partial charge in [0, 0.05) is 5.38 Å². The minimum absolute atomic E-state index is 0.0691. The Morgan fingerprint density at radius 3 is 2.72 bits per heavy atom. The van der Waals surface area contributed by atoms with Crippen molar-refractivity contribution < 1.29 is 13.6 Å². The second kappa shape index (κ2) is 6.44. The Morgan fingerprint density at radius 1 is 1.28 bits per heavy atom. The van der Waals surface area contributed by atoms with E-state index in [-0.39, 0.29) is 23.7 Å². The number of carbonyl (C=O) groups excluding carboxylic acids is 1. The van der Waals surface area contributed by atoms with E-state index in [4.69, 9.17) is 4.42 Å². The van der Waals surface area contributed by atoms with E-state index in [2.05, 4.69) is 10.3 Å². The van der Waals surface area contributed by atoms with Crippen molar-refractivity contribution in [1.29, 1.82) is 0 Å². The van der Waals surface area contributed by atoms with E-state index in [1.807, 2.05) is 17.5 Å². The molecule has 6 heteroatoms. The predicted octanol–water partition coefficient (Wildman–Crippen LogP) is 4.28. The number of rotatable bonds is 5. The van der Waals surface area contributed by atoms with Crippen molar-refractivity contribution in [2.24, 2.45) is 0 Å². The van der Waals surface area contributed by atoms with Crippen molar-refractivity contribution in [2.45, 2.75) is 31.2 Å².